The summed E-state index contributed by atoms with van der Waals surface area (Å²) in [5, 5.41) is 13.4. The smallest absolute Gasteiger partial charge is 0.323 e. The summed E-state index contributed by atoms with van der Waals surface area (Å²) in [4.78, 5) is 24.9. The zero-order valence-electron chi connectivity index (χ0n) is 14.3. The Balaban J connectivity index is 2.20. The first-order valence-electron chi connectivity index (χ1n) is 8.01. The number of aromatic nitrogens is 2. The molecule has 1 aromatic heterocycles. The molecule has 0 spiro atoms. The second-order valence-electron chi connectivity index (χ2n) is 5.91. The minimum absolute atomic E-state index is 0.255. The number of nitrogens with zero attached hydrogens (tertiary/aromatic N) is 3. The summed E-state index contributed by atoms with van der Waals surface area (Å²) in [5.74, 6) is -1.26. The molecule has 1 amide bonds. The van der Waals surface area contributed by atoms with Gasteiger partial charge >= 0.3 is 5.97 Å². The largest absolute Gasteiger partial charge is 0.480 e. The molecule has 1 heterocycles. The van der Waals surface area contributed by atoms with E-state index >= 15 is 0 Å². The van der Waals surface area contributed by atoms with Crippen molar-refractivity contribution < 1.29 is 14.7 Å². The van der Waals surface area contributed by atoms with Crippen LogP contribution in [0.5, 0.6) is 0 Å². The maximum Gasteiger partial charge on any atom is 0.323 e. The molecule has 2 aromatic rings. The number of hydrogen-bond donors (Lipinski definition) is 1. The van der Waals surface area contributed by atoms with Crippen LogP contribution in [0.15, 0.2) is 30.3 Å². The van der Waals surface area contributed by atoms with Gasteiger partial charge in [-0.1, -0.05) is 19.1 Å². The van der Waals surface area contributed by atoms with E-state index in [1.807, 2.05) is 49.7 Å². The third-order valence-corrected chi connectivity index (χ3v) is 3.72. The Morgan fingerprint density at radius 3 is 2.58 bits per heavy atom. The van der Waals surface area contributed by atoms with Gasteiger partial charge in [0, 0.05) is 17.8 Å². The van der Waals surface area contributed by atoms with Crippen LogP contribution in [-0.2, 0) is 11.3 Å². The monoisotopic (exact) mass is 329 g/mol. The standard InChI is InChI=1S/C18H23N3O3/c1-4-8-20(12-17(22)23)18(24)16-7-5-6-15(10-16)11-21-14(3)9-13(2)19-21/h5-7,9-10H,4,8,11-12H2,1-3H3,(H,22,23). The van der Waals surface area contributed by atoms with Crippen LogP contribution in [0.25, 0.3) is 0 Å². The Hall–Kier alpha value is -2.63. The lowest BCUT2D eigenvalue weighted by atomic mass is 10.1. The SMILES string of the molecule is CCCN(CC(=O)O)C(=O)c1cccc(Cn2nc(C)cc2C)c1. The minimum Gasteiger partial charge on any atom is -0.480 e. The van der Waals surface area contributed by atoms with Crippen molar-refractivity contribution in [2.24, 2.45) is 0 Å². The fourth-order valence-corrected chi connectivity index (χ4v) is 2.68. The van der Waals surface area contributed by atoms with Gasteiger partial charge in [0.05, 0.1) is 12.2 Å². The number of carbonyl (C=O) groups is 2. The Morgan fingerprint density at radius 1 is 1.25 bits per heavy atom. The van der Waals surface area contributed by atoms with Gasteiger partial charge in [-0.15, -0.1) is 0 Å². The number of rotatable bonds is 7. The highest BCUT2D eigenvalue weighted by Crippen LogP contribution is 2.12. The molecule has 1 aromatic carbocycles. The molecule has 0 saturated heterocycles. The number of carboxylic acids is 1. The molecule has 128 valence electrons. The van der Waals surface area contributed by atoms with Gasteiger partial charge in [0.25, 0.3) is 5.91 Å². The van der Waals surface area contributed by atoms with Crippen molar-refractivity contribution in [1.29, 1.82) is 0 Å². The summed E-state index contributed by atoms with van der Waals surface area (Å²) in [6.07, 6.45) is 0.713. The number of carbonyl (C=O) groups excluding carboxylic acids is 1. The van der Waals surface area contributed by atoms with Gasteiger partial charge in [-0.05, 0) is 44.0 Å². The van der Waals surface area contributed by atoms with Crippen LogP contribution in [-0.4, -0.2) is 44.8 Å². The second kappa shape index (κ2) is 7.77. The molecule has 0 aliphatic heterocycles. The molecule has 1 N–H and O–H groups in total. The number of carboxylic acid groups (broad SMARTS) is 1. The summed E-state index contributed by atoms with van der Waals surface area (Å²) in [6.45, 7) is 6.57. The number of aliphatic carboxylic acids is 1. The summed E-state index contributed by atoms with van der Waals surface area (Å²) in [7, 11) is 0. The van der Waals surface area contributed by atoms with Crippen LogP contribution >= 0.6 is 0 Å². The van der Waals surface area contributed by atoms with E-state index in [1.165, 1.54) is 4.90 Å². The fourth-order valence-electron chi connectivity index (χ4n) is 2.68. The first-order chi connectivity index (χ1) is 11.4. The molecule has 0 fully saturated rings. The molecular weight excluding hydrogens is 306 g/mol. The number of hydrogen-bond acceptors (Lipinski definition) is 3. The first-order valence-corrected chi connectivity index (χ1v) is 8.01. The maximum atomic E-state index is 12.6. The van der Waals surface area contributed by atoms with Crippen molar-refractivity contribution in [2.45, 2.75) is 33.7 Å². The van der Waals surface area contributed by atoms with E-state index in [0.29, 0.717) is 25.1 Å². The van der Waals surface area contributed by atoms with Gasteiger partial charge in [0.1, 0.15) is 6.54 Å². The maximum absolute atomic E-state index is 12.6. The topological polar surface area (TPSA) is 75.4 Å². The summed E-state index contributed by atoms with van der Waals surface area (Å²) in [6, 6.07) is 9.29. The fraction of sp³-hybridized carbons (Fsp3) is 0.389. The highest BCUT2D eigenvalue weighted by Gasteiger charge is 2.18. The Labute approximate surface area is 141 Å². The summed E-state index contributed by atoms with van der Waals surface area (Å²) in [5.41, 5.74) is 3.47. The lowest BCUT2D eigenvalue weighted by molar-refractivity contribution is -0.137. The second-order valence-corrected chi connectivity index (χ2v) is 5.91. The highest BCUT2D eigenvalue weighted by atomic mass is 16.4. The molecule has 0 atom stereocenters. The van der Waals surface area contributed by atoms with Crippen molar-refractivity contribution in [3.8, 4) is 0 Å². The lowest BCUT2D eigenvalue weighted by Crippen LogP contribution is -2.36. The molecule has 6 nitrogen and oxygen atoms in total. The third-order valence-electron chi connectivity index (χ3n) is 3.72. The van der Waals surface area contributed by atoms with E-state index in [2.05, 4.69) is 5.10 Å². The highest BCUT2D eigenvalue weighted by molar-refractivity contribution is 5.96. The van der Waals surface area contributed by atoms with Crippen molar-refractivity contribution in [3.05, 3.63) is 52.8 Å². The predicted molar refractivity (Wildman–Crippen MR) is 91.1 cm³/mol. The first kappa shape index (κ1) is 17.7. The van der Waals surface area contributed by atoms with Crippen LogP contribution in [0.4, 0.5) is 0 Å². The van der Waals surface area contributed by atoms with Gasteiger partial charge in [-0.25, -0.2) is 0 Å². The average Bonchev–Trinajstić information content (AvgIpc) is 2.83. The van der Waals surface area contributed by atoms with E-state index in [4.69, 9.17) is 5.11 Å². The molecule has 0 aliphatic rings. The molecule has 2 rings (SSSR count). The molecule has 24 heavy (non-hydrogen) atoms. The molecule has 0 radical (unpaired) electrons. The third kappa shape index (κ3) is 4.44. The normalized spacial score (nSPS) is 10.6. The van der Waals surface area contributed by atoms with Crippen LogP contribution in [0.1, 0.15) is 40.7 Å². The van der Waals surface area contributed by atoms with Crippen molar-refractivity contribution in [2.75, 3.05) is 13.1 Å². The van der Waals surface area contributed by atoms with Crippen LogP contribution in [0, 0.1) is 13.8 Å². The van der Waals surface area contributed by atoms with E-state index in [1.54, 1.807) is 6.07 Å². The molecule has 0 aliphatic carbocycles. The quantitative estimate of drug-likeness (QED) is 0.847. The average molecular weight is 329 g/mol. The lowest BCUT2D eigenvalue weighted by Gasteiger charge is -2.20. The molecule has 0 bridgehead atoms. The summed E-state index contributed by atoms with van der Waals surface area (Å²) < 4.78 is 1.89. The zero-order chi connectivity index (χ0) is 17.7. The van der Waals surface area contributed by atoms with E-state index in [0.717, 1.165) is 17.0 Å². The Bertz CT molecular complexity index is 737. The molecular formula is C18H23N3O3. The van der Waals surface area contributed by atoms with Gasteiger partial charge < -0.3 is 10.0 Å². The van der Waals surface area contributed by atoms with Gasteiger partial charge in [-0.2, -0.15) is 5.10 Å². The van der Waals surface area contributed by atoms with Crippen LogP contribution < -0.4 is 0 Å². The number of amides is 1. The Kier molecular flexibility index (Phi) is 5.73. The van der Waals surface area contributed by atoms with Crippen molar-refractivity contribution in [1.82, 2.24) is 14.7 Å². The number of aryl methyl sites for hydroxylation is 2. The molecule has 0 unspecified atom stereocenters. The predicted octanol–water partition coefficient (Wildman–Crippen LogP) is 2.49. The Morgan fingerprint density at radius 2 is 2.00 bits per heavy atom. The molecule has 0 saturated carbocycles. The van der Waals surface area contributed by atoms with Crippen molar-refractivity contribution >= 4 is 11.9 Å². The van der Waals surface area contributed by atoms with E-state index in [9.17, 15) is 9.59 Å². The molecule has 6 heteroatoms. The van der Waals surface area contributed by atoms with Crippen LogP contribution in [0.3, 0.4) is 0 Å². The summed E-state index contributed by atoms with van der Waals surface area (Å²) >= 11 is 0. The van der Waals surface area contributed by atoms with E-state index in [-0.39, 0.29) is 12.5 Å². The number of benzene rings is 1. The van der Waals surface area contributed by atoms with Gasteiger partial charge in [0.2, 0.25) is 0 Å². The van der Waals surface area contributed by atoms with E-state index < -0.39 is 5.97 Å². The van der Waals surface area contributed by atoms with Gasteiger partial charge in [-0.3, -0.25) is 14.3 Å². The van der Waals surface area contributed by atoms with Crippen LogP contribution in [0.2, 0.25) is 0 Å². The zero-order valence-corrected chi connectivity index (χ0v) is 14.3. The minimum atomic E-state index is -1.00. The van der Waals surface area contributed by atoms with Gasteiger partial charge in [0.15, 0.2) is 0 Å². The van der Waals surface area contributed by atoms with Crippen molar-refractivity contribution in [3.63, 3.8) is 0 Å².